The molecule has 1 heterocycles. The number of carbonyl (C=O) groups is 2. The third-order valence-corrected chi connectivity index (χ3v) is 4.80. The zero-order valence-electron chi connectivity index (χ0n) is 12.9. The summed E-state index contributed by atoms with van der Waals surface area (Å²) in [7, 11) is 0. The summed E-state index contributed by atoms with van der Waals surface area (Å²) in [6.07, 6.45) is 0. The number of thiazole rings is 1. The van der Waals surface area contributed by atoms with Crippen LogP contribution in [0, 0.1) is 0 Å². The number of nitrogens with one attached hydrogen (secondary N) is 1. The molecule has 2 aromatic rings. The SMILES string of the molecule is CCOC(=O)CSC(C)C(=O)Nc1nc(-c2ccccc2)cs1. The summed E-state index contributed by atoms with van der Waals surface area (Å²) >= 11 is 2.62. The summed E-state index contributed by atoms with van der Waals surface area (Å²) in [5.74, 6) is -0.318. The van der Waals surface area contributed by atoms with Gasteiger partial charge in [-0.05, 0) is 13.8 Å². The fourth-order valence-electron chi connectivity index (χ4n) is 1.75. The number of nitrogens with zero attached hydrogens (tertiary/aromatic N) is 1. The number of aromatic nitrogens is 1. The van der Waals surface area contributed by atoms with Gasteiger partial charge in [0.25, 0.3) is 0 Å². The van der Waals surface area contributed by atoms with E-state index in [-0.39, 0.29) is 22.9 Å². The number of benzene rings is 1. The topological polar surface area (TPSA) is 68.3 Å². The summed E-state index contributed by atoms with van der Waals surface area (Å²) in [6, 6.07) is 9.78. The van der Waals surface area contributed by atoms with E-state index < -0.39 is 0 Å². The maximum absolute atomic E-state index is 12.1. The smallest absolute Gasteiger partial charge is 0.315 e. The highest BCUT2D eigenvalue weighted by Gasteiger charge is 2.17. The third kappa shape index (κ3) is 5.37. The Balaban J connectivity index is 1.88. The van der Waals surface area contributed by atoms with Crippen LogP contribution in [0.5, 0.6) is 0 Å². The molecule has 7 heteroatoms. The van der Waals surface area contributed by atoms with Gasteiger partial charge < -0.3 is 10.1 Å². The first-order valence-electron chi connectivity index (χ1n) is 7.19. The standard InChI is InChI=1S/C16H18N2O3S2/c1-3-21-14(19)10-22-11(2)15(20)18-16-17-13(9-23-16)12-7-5-4-6-8-12/h4-9,11H,3,10H2,1-2H3,(H,17,18,20). The third-order valence-electron chi connectivity index (χ3n) is 2.93. The number of amides is 1. The van der Waals surface area contributed by atoms with E-state index in [0.717, 1.165) is 11.3 Å². The fraction of sp³-hybridized carbons (Fsp3) is 0.312. The number of ether oxygens (including phenoxy) is 1. The Morgan fingerprint density at radius 1 is 1.35 bits per heavy atom. The molecular formula is C16H18N2O3S2. The van der Waals surface area contributed by atoms with Crippen LogP contribution in [0.4, 0.5) is 5.13 Å². The van der Waals surface area contributed by atoms with Crippen molar-refractivity contribution in [1.82, 2.24) is 4.98 Å². The van der Waals surface area contributed by atoms with Crippen molar-refractivity contribution in [3.63, 3.8) is 0 Å². The molecule has 1 atom stereocenters. The molecule has 0 aliphatic carbocycles. The minimum Gasteiger partial charge on any atom is -0.465 e. The van der Waals surface area contributed by atoms with E-state index in [2.05, 4.69) is 10.3 Å². The molecule has 0 radical (unpaired) electrons. The van der Waals surface area contributed by atoms with E-state index in [1.807, 2.05) is 35.7 Å². The molecule has 0 saturated carbocycles. The van der Waals surface area contributed by atoms with Crippen molar-refractivity contribution < 1.29 is 14.3 Å². The lowest BCUT2D eigenvalue weighted by atomic mass is 10.2. The maximum Gasteiger partial charge on any atom is 0.315 e. The van der Waals surface area contributed by atoms with E-state index in [4.69, 9.17) is 4.74 Å². The second-order valence-electron chi connectivity index (χ2n) is 4.65. The van der Waals surface area contributed by atoms with E-state index >= 15 is 0 Å². The highest BCUT2D eigenvalue weighted by molar-refractivity contribution is 8.01. The highest BCUT2D eigenvalue weighted by atomic mass is 32.2. The molecule has 2 rings (SSSR count). The van der Waals surface area contributed by atoms with Crippen molar-refractivity contribution in [2.75, 3.05) is 17.7 Å². The van der Waals surface area contributed by atoms with Crippen LogP contribution in [0.25, 0.3) is 11.3 Å². The lowest BCUT2D eigenvalue weighted by Crippen LogP contribution is -2.24. The highest BCUT2D eigenvalue weighted by Crippen LogP contribution is 2.25. The van der Waals surface area contributed by atoms with Crippen LogP contribution < -0.4 is 5.32 Å². The predicted octanol–water partition coefficient (Wildman–Crippen LogP) is 3.43. The molecule has 5 nitrogen and oxygen atoms in total. The lowest BCUT2D eigenvalue weighted by Gasteiger charge is -2.09. The first-order valence-corrected chi connectivity index (χ1v) is 9.12. The molecule has 1 unspecified atom stereocenters. The summed E-state index contributed by atoms with van der Waals surface area (Å²) in [5.41, 5.74) is 1.84. The van der Waals surface area contributed by atoms with Gasteiger partial charge in [-0.15, -0.1) is 23.1 Å². The van der Waals surface area contributed by atoms with Gasteiger partial charge in [0.05, 0.1) is 23.3 Å². The molecular weight excluding hydrogens is 332 g/mol. The summed E-state index contributed by atoms with van der Waals surface area (Å²) in [4.78, 5) is 27.8. The number of esters is 1. The molecule has 0 fully saturated rings. The molecule has 1 aromatic carbocycles. The number of anilines is 1. The van der Waals surface area contributed by atoms with Crippen LogP contribution in [-0.4, -0.2) is 34.5 Å². The minimum absolute atomic E-state index is 0.162. The summed E-state index contributed by atoms with van der Waals surface area (Å²) < 4.78 is 4.84. The van der Waals surface area contributed by atoms with Crippen molar-refractivity contribution in [3.8, 4) is 11.3 Å². The molecule has 122 valence electrons. The summed E-state index contributed by atoms with van der Waals surface area (Å²) in [5, 5.41) is 4.88. The fourth-order valence-corrected chi connectivity index (χ4v) is 3.15. The number of rotatable bonds is 7. The minimum atomic E-state index is -0.358. The molecule has 0 bridgehead atoms. The molecule has 1 N–H and O–H groups in total. The van der Waals surface area contributed by atoms with Gasteiger partial charge in [-0.25, -0.2) is 4.98 Å². The van der Waals surface area contributed by atoms with Crippen molar-refractivity contribution in [2.24, 2.45) is 0 Å². The second kappa shape index (κ2) is 8.69. The monoisotopic (exact) mass is 350 g/mol. The maximum atomic E-state index is 12.1. The van der Waals surface area contributed by atoms with Gasteiger partial charge in [0.15, 0.2) is 5.13 Å². The van der Waals surface area contributed by atoms with Crippen LogP contribution in [0.15, 0.2) is 35.7 Å². The normalized spacial score (nSPS) is 11.7. The Labute approximate surface area is 143 Å². The average molecular weight is 350 g/mol. The van der Waals surface area contributed by atoms with Crippen molar-refractivity contribution in [2.45, 2.75) is 19.1 Å². The van der Waals surface area contributed by atoms with Crippen LogP contribution in [-0.2, 0) is 14.3 Å². The first kappa shape index (κ1) is 17.5. The Hall–Kier alpha value is -1.86. The molecule has 1 amide bonds. The molecule has 0 aliphatic heterocycles. The Kier molecular flexibility index (Phi) is 6.61. The lowest BCUT2D eigenvalue weighted by molar-refractivity contribution is -0.139. The zero-order chi connectivity index (χ0) is 16.7. The van der Waals surface area contributed by atoms with Crippen molar-refractivity contribution in [1.29, 1.82) is 0 Å². The van der Waals surface area contributed by atoms with Gasteiger partial charge in [-0.2, -0.15) is 0 Å². The molecule has 23 heavy (non-hydrogen) atoms. The largest absolute Gasteiger partial charge is 0.465 e. The summed E-state index contributed by atoms with van der Waals surface area (Å²) in [6.45, 7) is 3.86. The van der Waals surface area contributed by atoms with E-state index in [1.165, 1.54) is 23.1 Å². The van der Waals surface area contributed by atoms with E-state index in [9.17, 15) is 9.59 Å². The van der Waals surface area contributed by atoms with Gasteiger partial charge in [0.1, 0.15) is 0 Å². The second-order valence-corrected chi connectivity index (χ2v) is 6.84. The molecule has 1 aromatic heterocycles. The Bertz CT molecular complexity index is 658. The Morgan fingerprint density at radius 3 is 2.78 bits per heavy atom. The van der Waals surface area contributed by atoms with Gasteiger partial charge in [-0.3, -0.25) is 9.59 Å². The quantitative estimate of drug-likeness (QED) is 0.775. The van der Waals surface area contributed by atoms with Gasteiger partial charge in [-0.1, -0.05) is 30.3 Å². The Morgan fingerprint density at radius 2 is 2.09 bits per heavy atom. The van der Waals surface area contributed by atoms with Crippen LogP contribution in [0.3, 0.4) is 0 Å². The predicted molar refractivity (Wildman–Crippen MR) is 94.7 cm³/mol. The number of hydrogen-bond donors (Lipinski definition) is 1. The van der Waals surface area contributed by atoms with Crippen LogP contribution >= 0.6 is 23.1 Å². The van der Waals surface area contributed by atoms with Gasteiger partial charge >= 0.3 is 5.97 Å². The molecule has 0 aliphatic rings. The van der Waals surface area contributed by atoms with Crippen molar-refractivity contribution >= 4 is 40.1 Å². The number of thioether (sulfide) groups is 1. The zero-order valence-corrected chi connectivity index (χ0v) is 14.6. The van der Waals surface area contributed by atoms with Crippen molar-refractivity contribution in [3.05, 3.63) is 35.7 Å². The molecule has 0 saturated heterocycles. The van der Waals surface area contributed by atoms with Crippen LogP contribution in [0.1, 0.15) is 13.8 Å². The average Bonchev–Trinajstić information content (AvgIpc) is 3.02. The molecule has 0 spiro atoms. The van der Waals surface area contributed by atoms with Crippen LogP contribution in [0.2, 0.25) is 0 Å². The van der Waals surface area contributed by atoms with E-state index in [0.29, 0.717) is 11.7 Å². The van der Waals surface area contributed by atoms with E-state index in [1.54, 1.807) is 13.8 Å². The number of carbonyl (C=O) groups excluding carboxylic acids is 2. The first-order chi connectivity index (χ1) is 11.1. The van der Waals surface area contributed by atoms with Gasteiger partial charge in [0.2, 0.25) is 5.91 Å². The van der Waals surface area contributed by atoms with Gasteiger partial charge in [0, 0.05) is 10.9 Å². The number of hydrogen-bond acceptors (Lipinski definition) is 6.